The lowest BCUT2D eigenvalue weighted by Gasteiger charge is -2.22. The quantitative estimate of drug-likeness (QED) is 0.280. The molecule has 5 rings (SSSR count). The maximum Gasteiger partial charge on any atom is 0.275 e. The Balaban J connectivity index is 1.33. The number of hydrogen-bond donors (Lipinski definition) is 4. The summed E-state index contributed by atoms with van der Waals surface area (Å²) >= 11 is 0. The molecule has 4 aromatic rings. The van der Waals surface area contributed by atoms with E-state index in [1.165, 1.54) is 11.2 Å². The Morgan fingerprint density at radius 3 is 2.74 bits per heavy atom. The van der Waals surface area contributed by atoms with Crippen LogP contribution in [0.15, 0.2) is 61.1 Å². The Hall–Kier alpha value is -5.20. The van der Waals surface area contributed by atoms with E-state index >= 15 is 0 Å². The highest BCUT2D eigenvalue weighted by atomic mass is 16.5. The molecular formula is C30H34N8O5. The minimum atomic E-state index is -0.850. The van der Waals surface area contributed by atoms with Gasteiger partial charge in [-0.1, -0.05) is 24.3 Å². The summed E-state index contributed by atoms with van der Waals surface area (Å²) in [6.07, 6.45) is 4.41. The van der Waals surface area contributed by atoms with E-state index in [4.69, 9.17) is 4.74 Å². The van der Waals surface area contributed by atoms with Gasteiger partial charge in [-0.15, -0.1) is 0 Å². The van der Waals surface area contributed by atoms with Crippen LogP contribution in [-0.2, 0) is 23.1 Å². The van der Waals surface area contributed by atoms with Crippen LogP contribution in [0.2, 0.25) is 0 Å². The first kappa shape index (κ1) is 29.3. The molecule has 0 spiro atoms. The predicted octanol–water partition coefficient (Wildman–Crippen LogP) is 1.18. The summed E-state index contributed by atoms with van der Waals surface area (Å²) in [5, 5.41) is 13.6. The highest BCUT2D eigenvalue weighted by Crippen LogP contribution is 2.19. The van der Waals surface area contributed by atoms with Crippen LogP contribution < -0.4 is 20.7 Å². The number of hydrogen-bond acceptors (Lipinski definition) is 7. The van der Waals surface area contributed by atoms with Gasteiger partial charge in [0.2, 0.25) is 11.8 Å². The molecule has 43 heavy (non-hydrogen) atoms. The second kappa shape index (κ2) is 13.6. The van der Waals surface area contributed by atoms with Crippen molar-refractivity contribution in [2.75, 3.05) is 32.8 Å². The summed E-state index contributed by atoms with van der Waals surface area (Å²) in [7, 11) is 1.77. The van der Waals surface area contributed by atoms with Crippen molar-refractivity contribution in [2.24, 2.45) is 7.05 Å². The van der Waals surface area contributed by atoms with Gasteiger partial charge < -0.3 is 30.6 Å². The van der Waals surface area contributed by atoms with Crippen LogP contribution in [0.5, 0.6) is 5.75 Å². The summed E-state index contributed by atoms with van der Waals surface area (Å²) in [4.78, 5) is 61.2. The maximum absolute atomic E-state index is 13.6. The van der Waals surface area contributed by atoms with Crippen molar-refractivity contribution in [3.05, 3.63) is 78.0 Å². The number of aromatic amines is 1. The van der Waals surface area contributed by atoms with E-state index in [0.29, 0.717) is 41.8 Å². The number of carbonyl (C=O) groups excluding carboxylic acids is 4. The molecular weight excluding hydrogens is 552 g/mol. The molecule has 1 atom stereocenters. The van der Waals surface area contributed by atoms with Gasteiger partial charge in [-0.25, -0.2) is 4.98 Å². The highest BCUT2D eigenvalue weighted by molar-refractivity contribution is 6.05. The molecule has 224 valence electrons. The molecule has 0 fully saturated rings. The molecule has 4 amide bonds. The van der Waals surface area contributed by atoms with Crippen LogP contribution in [0.3, 0.4) is 0 Å². The largest absolute Gasteiger partial charge is 0.492 e. The molecule has 1 aliphatic rings. The minimum absolute atomic E-state index is 0.153. The lowest BCUT2D eigenvalue weighted by molar-refractivity contribution is -0.123. The second-order valence-corrected chi connectivity index (χ2v) is 10.2. The maximum atomic E-state index is 13.6. The van der Waals surface area contributed by atoms with Crippen molar-refractivity contribution in [2.45, 2.75) is 25.3 Å². The summed E-state index contributed by atoms with van der Waals surface area (Å²) in [5.74, 6) is -1.02. The number of ether oxygens (including phenoxy) is 1. The van der Waals surface area contributed by atoms with E-state index in [0.717, 1.165) is 5.52 Å². The van der Waals surface area contributed by atoms with Gasteiger partial charge in [-0.2, -0.15) is 5.10 Å². The molecule has 1 aliphatic heterocycles. The minimum Gasteiger partial charge on any atom is -0.492 e. The van der Waals surface area contributed by atoms with Crippen LogP contribution in [0.1, 0.15) is 39.4 Å². The lowest BCUT2D eigenvalue weighted by Crippen LogP contribution is -2.48. The molecule has 2 aromatic carbocycles. The Bertz CT molecular complexity index is 1600. The number of fused-ring (bicyclic) bond motifs is 3. The zero-order valence-electron chi connectivity index (χ0n) is 23.8. The Kier molecular flexibility index (Phi) is 9.29. The number of H-pyrrole nitrogens is 1. The van der Waals surface area contributed by atoms with E-state index in [1.807, 2.05) is 24.3 Å². The van der Waals surface area contributed by atoms with Gasteiger partial charge in [0.05, 0.1) is 24.9 Å². The lowest BCUT2D eigenvalue weighted by atomic mass is 10.1. The van der Waals surface area contributed by atoms with E-state index in [-0.39, 0.29) is 56.1 Å². The molecule has 2 aromatic heterocycles. The second-order valence-electron chi connectivity index (χ2n) is 10.2. The molecule has 0 saturated carbocycles. The molecule has 4 N–H and O–H groups in total. The number of nitrogens with zero attached hydrogens (tertiary/aromatic N) is 4. The van der Waals surface area contributed by atoms with Gasteiger partial charge in [0.15, 0.2) is 5.69 Å². The molecule has 13 heteroatoms. The summed E-state index contributed by atoms with van der Waals surface area (Å²) in [6, 6.07) is 13.2. The first-order valence-corrected chi connectivity index (χ1v) is 14.2. The summed E-state index contributed by atoms with van der Waals surface area (Å²) < 4.78 is 7.40. The molecule has 13 nitrogen and oxygen atoms in total. The Morgan fingerprint density at radius 2 is 1.91 bits per heavy atom. The fraction of sp³-hybridized carbons (Fsp3) is 0.333. The number of rotatable bonds is 3. The van der Waals surface area contributed by atoms with Crippen LogP contribution in [0.25, 0.3) is 10.9 Å². The van der Waals surface area contributed by atoms with E-state index in [2.05, 4.69) is 31.0 Å². The number of benzene rings is 2. The number of carbonyl (C=O) groups is 4. The van der Waals surface area contributed by atoms with Crippen molar-refractivity contribution in [1.82, 2.24) is 40.6 Å². The molecule has 0 radical (unpaired) electrons. The third kappa shape index (κ3) is 7.36. The molecule has 3 heterocycles. The number of amides is 4. The van der Waals surface area contributed by atoms with Crippen LogP contribution >= 0.6 is 0 Å². The number of imidazole rings is 1. The zero-order valence-corrected chi connectivity index (χ0v) is 23.8. The van der Waals surface area contributed by atoms with Crippen LogP contribution in [0.4, 0.5) is 0 Å². The standard InChI is InChI=1S/C30H34N8O5/c1-37-25-10-3-2-9-23(25)27(36-37)30(42)38-13-5-4-11-33-29(41)24(16-21-17-31-19-34-21)35-28(40)20-7-6-8-22(15-20)43-14-12-32-26(39)18-38/h2-3,6-10,15,17,19,24H,4-5,11-14,16,18H2,1H3,(H,31,34)(H,32,39)(H,33,41)(H,35,40)/t24-/m0/s1. The third-order valence-corrected chi connectivity index (χ3v) is 7.13. The van der Waals surface area contributed by atoms with Gasteiger partial charge in [0.25, 0.3) is 11.8 Å². The summed E-state index contributed by atoms with van der Waals surface area (Å²) in [6.45, 7) is 0.799. The average molecular weight is 587 g/mol. The van der Waals surface area contributed by atoms with Crippen molar-refractivity contribution in [1.29, 1.82) is 0 Å². The van der Waals surface area contributed by atoms with E-state index in [9.17, 15) is 19.2 Å². The highest BCUT2D eigenvalue weighted by Gasteiger charge is 2.25. The number of aryl methyl sites for hydroxylation is 1. The van der Waals surface area contributed by atoms with Gasteiger partial charge in [-0.3, -0.25) is 23.9 Å². The van der Waals surface area contributed by atoms with Crippen LogP contribution in [0, 0.1) is 0 Å². The normalized spacial score (nSPS) is 17.6. The first-order valence-electron chi connectivity index (χ1n) is 14.2. The monoisotopic (exact) mass is 586 g/mol. The van der Waals surface area contributed by atoms with Gasteiger partial charge in [0.1, 0.15) is 18.4 Å². The fourth-order valence-electron chi connectivity index (χ4n) is 4.92. The van der Waals surface area contributed by atoms with Gasteiger partial charge in [-0.05, 0) is 37.1 Å². The zero-order chi connectivity index (χ0) is 30.2. The number of aromatic nitrogens is 4. The number of nitrogens with one attached hydrogen (secondary N) is 4. The fourth-order valence-corrected chi connectivity index (χ4v) is 4.92. The van der Waals surface area contributed by atoms with Gasteiger partial charge in [0, 0.05) is 49.4 Å². The Morgan fingerprint density at radius 1 is 1.05 bits per heavy atom. The molecule has 0 aliphatic carbocycles. The first-order chi connectivity index (χ1) is 20.9. The van der Waals surface area contributed by atoms with Crippen molar-refractivity contribution in [3.63, 3.8) is 0 Å². The Labute approximate surface area is 248 Å². The molecule has 2 bridgehead atoms. The van der Waals surface area contributed by atoms with E-state index < -0.39 is 11.9 Å². The molecule has 0 unspecified atom stereocenters. The smallest absolute Gasteiger partial charge is 0.275 e. The third-order valence-electron chi connectivity index (χ3n) is 7.13. The molecule has 0 saturated heterocycles. The average Bonchev–Trinajstić information content (AvgIpc) is 3.65. The van der Waals surface area contributed by atoms with Crippen molar-refractivity contribution in [3.8, 4) is 5.75 Å². The van der Waals surface area contributed by atoms with Crippen molar-refractivity contribution < 1.29 is 23.9 Å². The van der Waals surface area contributed by atoms with Crippen molar-refractivity contribution >= 4 is 34.5 Å². The van der Waals surface area contributed by atoms with Gasteiger partial charge >= 0.3 is 0 Å². The predicted molar refractivity (Wildman–Crippen MR) is 157 cm³/mol. The van der Waals surface area contributed by atoms with Crippen LogP contribution in [-0.4, -0.2) is 87.1 Å². The van der Waals surface area contributed by atoms with E-state index in [1.54, 1.807) is 42.2 Å². The number of para-hydroxylation sites is 1. The SMILES string of the molecule is Cn1nc(C(=O)N2CCCCNC(=O)[C@H](Cc3cnc[nH]3)NC(=O)c3cccc(c3)OCCNC(=O)C2)c2ccccc21. The summed E-state index contributed by atoms with van der Waals surface area (Å²) in [5.41, 5.74) is 2.12. The topological polar surface area (TPSA) is 163 Å².